The van der Waals surface area contributed by atoms with Gasteiger partial charge in [-0.05, 0) is 29.8 Å². The van der Waals surface area contributed by atoms with Crippen molar-refractivity contribution >= 4 is 17.0 Å². The first-order valence-electron chi connectivity index (χ1n) is 8.65. The van der Waals surface area contributed by atoms with Gasteiger partial charge in [0.25, 0.3) is 0 Å². The summed E-state index contributed by atoms with van der Waals surface area (Å²) in [5.41, 5.74) is 7.54. The molecule has 2 aromatic heterocycles. The predicted molar refractivity (Wildman–Crippen MR) is 104 cm³/mol. The van der Waals surface area contributed by atoms with Gasteiger partial charge >= 0.3 is 0 Å². The topological polar surface area (TPSA) is 17.8 Å². The fourth-order valence-corrected chi connectivity index (χ4v) is 3.88. The van der Waals surface area contributed by atoms with Crippen LogP contribution >= 0.6 is 0 Å². The van der Waals surface area contributed by atoms with Gasteiger partial charge in [0.15, 0.2) is 0 Å². The van der Waals surface area contributed by atoms with Crippen molar-refractivity contribution < 1.29 is 0 Å². The second kappa shape index (κ2) is 5.45. The van der Waals surface area contributed by atoms with Crippen LogP contribution in [0.4, 0.5) is 0 Å². The first-order chi connectivity index (χ1) is 12.3. The Morgan fingerprint density at radius 1 is 0.920 bits per heavy atom. The van der Waals surface area contributed by atoms with E-state index in [4.69, 9.17) is 0 Å². The molecule has 0 saturated carbocycles. The van der Waals surface area contributed by atoms with E-state index < -0.39 is 0 Å². The van der Waals surface area contributed by atoms with Gasteiger partial charge in [-0.1, -0.05) is 55.5 Å². The van der Waals surface area contributed by atoms with Gasteiger partial charge < -0.3 is 4.57 Å². The summed E-state index contributed by atoms with van der Waals surface area (Å²) in [6.07, 6.45) is 8.29. The van der Waals surface area contributed by atoms with Gasteiger partial charge in [0.05, 0.1) is 5.52 Å². The van der Waals surface area contributed by atoms with Gasteiger partial charge in [-0.3, -0.25) is 4.98 Å². The zero-order chi connectivity index (χ0) is 16.8. The van der Waals surface area contributed by atoms with Gasteiger partial charge in [-0.2, -0.15) is 0 Å². The molecule has 0 fully saturated rings. The summed E-state index contributed by atoms with van der Waals surface area (Å²) < 4.78 is 2.41. The van der Waals surface area contributed by atoms with Crippen LogP contribution in [0.2, 0.25) is 0 Å². The van der Waals surface area contributed by atoms with Crippen molar-refractivity contribution in [1.82, 2.24) is 9.55 Å². The van der Waals surface area contributed by atoms with E-state index in [2.05, 4.69) is 83.2 Å². The maximum atomic E-state index is 4.26. The lowest BCUT2D eigenvalue weighted by atomic mass is 10.1. The van der Waals surface area contributed by atoms with Gasteiger partial charge in [0.1, 0.15) is 0 Å². The van der Waals surface area contributed by atoms with Gasteiger partial charge in [0.2, 0.25) is 0 Å². The van der Waals surface area contributed by atoms with E-state index in [-0.39, 0.29) is 0 Å². The van der Waals surface area contributed by atoms with Crippen LogP contribution in [0.3, 0.4) is 0 Å². The van der Waals surface area contributed by atoms with Crippen molar-refractivity contribution in [3.63, 3.8) is 0 Å². The number of hydrogen-bond acceptors (Lipinski definition) is 1. The molecule has 0 aliphatic heterocycles. The summed E-state index contributed by atoms with van der Waals surface area (Å²) in [6.45, 7) is 2.27. The fraction of sp³-hybridized carbons (Fsp3) is 0.0870. The van der Waals surface area contributed by atoms with Gasteiger partial charge in [0, 0.05) is 46.2 Å². The van der Waals surface area contributed by atoms with Crippen LogP contribution in [0.1, 0.15) is 24.1 Å². The highest BCUT2D eigenvalue weighted by Crippen LogP contribution is 2.40. The van der Waals surface area contributed by atoms with E-state index in [1.165, 1.54) is 33.4 Å². The second-order valence-corrected chi connectivity index (χ2v) is 6.59. The number of para-hydroxylation sites is 1. The van der Waals surface area contributed by atoms with Crippen molar-refractivity contribution in [1.29, 1.82) is 0 Å². The summed E-state index contributed by atoms with van der Waals surface area (Å²) in [7, 11) is 0. The first kappa shape index (κ1) is 14.2. The number of allylic oxidation sites excluding steroid dienone is 1. The molecule has 0 N–H and O–H groups in total. The summed E-state index contributed by atoms with van der Waals surface area (Å²) in [6, 6.07) is 21.5. The molecule has 1 aliphatic carbocycles. The molecule has 2 aromatic carbocycles. The average Bonchev–Trinajstić information content (AvgIpc) is 3.21. The Labute approximate surface area is 147 Å². The van der Waals surface area contributed by atoms with Crippen LogP contribution in [-0.2, 0) is 0 Å². The Kier molecular flexibility index (Phi) is 3.10. The van der Waals surface area contributed by atoms with Gasteiger partial charge in [-0.15, -0.1) is 0 Å². The quantitative estimate of drug-likeness (QED) is 0.454. The highest BCUT2D eigenvalue weighted by molar-refractivity contribution is 5.94. The molecule has 2 heteroatoms. The minimum absolute atomic E-state index is 0.421. The number of rotatable bonds is 2. The highest BCUT2D eigenvalue weighted by atomic mass is 15.0. The summed E-state index contributed by atoms with van der Waals surface area (Å²) in [5.74, 6) is 0.421. The summed E-state index contributed by atoms with van der Waals surface area (Å²) >= 11 is 0. The standard InChI is InChI=1S/C23H18N2/c1-16-11-12-21-20-9-2-3-10-22(20)25(23(16)21)19-8-4-6-17(14-19)18-7-5-13-24-15-18/h2-16H,1H3. The smallest absolute Gasteiger partial charge is 0.0537 e. The average molecular weight is 322 g/mol. The van der Waals surface area contributed by atoms with E-state index >= 15 is 0 Å². The third-order valence-corrected chi connectivity index (χ3v) is 5.03. The molecule has 0 radical (unpaired) electrons. The fourth-order valence-electron chi connectivity index (χ4n) is 3.88. The molecule has 2 nitrogen and oxygen atoms in total. The van der Waals surface area contributed by atoms with Crippen LogP contribution in [0.15, 0.2) is 79.1 Å². The monoisotopic (exact) mass is 322 g/mol. The Morgan fingerprint density at radius 2 is 1.80 bits per heavy atom. The maximum Gasteiger partial charge on any atom is 0.0537 e. The van der Waals surface area contributed by atoms with E-state index in [1.807, 2.05) is 18.5 Å². The predicted octanol–water partition coefficient (Wildman–Crippen LogP) is 5.82. The molecule has 5 rings (SSSR count). The Bertz CT molecular complexity index is 1100. The summed E-state index contributed by atoms with van der Waals surface area (Å²) in [5, 5.41) is 1.32. The summed E-state index contributed by atoms with van der Waals surface area (Å²) in [4.78, 5) is 4.26. The molecule has 1 atom stereocenters. The van der Waals surface area contributed by atoms with Crippen molar-refractivity contribution in [2.24, 2.45) is 0 Å². The lowest BCUT2D eigenvalue weighted by Gasteiger charge is -2.14. The third-order valence-electron chi connectivity index (χ3n) is 5.03. The van der Waals surface area contributed by atoms with Crippen molar-refractivity contribution in [3.8, 4) is 16.8 Å². The van der Waals surface area contributed by atoms with Crippen LogP contribution in [0.5, 0.6) is 0 Å². The number of fused-ring (bicyclic) bond motifs is 3. The minimum Gasteiger partial charge on any atom is -0.312 e. The molecule has 0 bridgehead atoms. The zero-order valence-electron chi connectivity index (χ0n) is 14.1. The van der Waals surface area contributed by atoms with E-state index in [1.54, 1.807) is 0 Å². The SMILES string of the molecule is CC1C=Cc2c1n(-c1cccc(-c3cccnc3)c1)c1ccccc21. The van der Waals surface area contributed by atoms with E-state index in [9.17, 15) is 0 Å². The van der Waals surface area contributed by atoms with Crippen LogP contribution < -0.4 is 0 Å². The van der Waals surface area contributed by atoms with E-state index in [0.717, 1.165) is 5.56 Å². The number of hydrogen-bond donors (Lipinski definition) is 0. The Morgan fingerprint density at radius 3 is 2.68 bits per heavy atom. The number of pyridine rings is 1. The molecular formula is C23H18N2. The molecule has 25 heavy (non-hydrogen) atoms. The normalized spacial score (nSPS) is 15.6. The van der Waals surface area contributed by atoms with Crippen LogP contribution in [0, 0.1) is 0 Å². The lowest BCUT2D eigenvalue weighted by Crippen LogP contribution is -2.01. The van der Waals surface area contributed by atoms with Crippen molar-refractivity contribution in [2.75, 3.05) is 0 Å². The van der Waals surface area contributed by atoms with Gasteiger partial charge in [-0.25, -0.2) is 0 Å². The number of aromatic nitrogens is 2. The lowest BCUT2D eigenvalue weighted by molar-refractivity contribution is 0.881. The highest BCUT2D eigenvalue weighted by Gasteiger charge is 2.23. The largest absolute Gasteiger partial charge is 0.312 e. The Hall–Kier alpha value is -3.13. The maximum absolute atomic E-state index is 4.26. The molecule has 0 amide bonds. The molecule has 0 spiro atoms. The molecule has 2 heterocycles. The third kappa shape index (κ3) is 2.14. The first-order valence-corrected chi connectivity index (χ1v) is 8.65. The van der Waals surface area contributed by atoms with Crippen LogP contribution in [-0.4, -0.2) is 9.55 Å². The minimum atomic E-state index is 0.421. The molecule has 4 aromatic rings. The van der Waals surface area contributed by atoms with Crippen molar-refractivity contribution in [2.45, 2.75) is 12.8 Å². The number of nitrogens with zero attached hydrogens (tertiary/aromatic N) is 2. The molecular weight excluding hydrogens is 304 g/mol. The Balaban J connectivity index is 1.77. The van der Waals surface area contributed by atoms with Crippen molar-refractivity contribution in [3.05, 3.63) is 90.4 Å². The molecule has 0 saturated heterocycles. The van der Waals surface area contributed by atoms with E-state index in [0.29, 0.717) is 5.92 Å². The number of benzene rings is 2. The molecule has 1 unspecified atom stereocenters. The van der Waals surface area contributed by atoms with Crippen LogP contribution in [0.25, 0.3) is 33.8 Å². The second-order valence-electron chi connectivity index (χ2n) is 6.59. The zero-order valence-corrected chi connectivity index (χ0v) is 14.1. The molecule has 1 aliphatic rings. The molecule has 120 valence electrons.